The van der Waals surface area contributed by atoms with Crippen molar-refractivity contribution in [1.29, 1.82) is 0 Å². The minimum atomic E-state index is 0.679. The second kappa shape index (κ2) is 6.97. The van der Waals surface area contributed by atoms with Crippen molar-refractivity contribution in [2.75, 3.05) is 31.4 Å². The summed E-state index contributed by atoms with van der Waals surface area (Å²) in [6, 6.07) is 7.61. The number of nitrogens with one attached hydrogen (secondary N) is 1. The molecule has 0 radical (unpaired) electrons. The van der Waals surface area contributed by atoms with Crippen molar-refractivity contribution in [3.05, 3.63) is 29.3 Å². The second-order valence-electron chi connectivity index (χ2n) is 7.43. The van der Waals surface area contributed by atoms with Crippen LogP contribution in [0.15, 0.2) is 23.2 Å². The molecule has 1 N–H and O–H groups in total. The van der Waals surface area contributed by atoms with Crippen molar-refractivity contribution in [3.8, 4) is 0 Å². The van der Waals surface area contributed by atoms with Crippen LogP contribution in [0.1, 0.15) is 36.8 Å². The number of rotatable bonds is 5. The number of likely N-dealkylation sites (tertiary alicyclic amines) is 1. The molecule has 1 aliphatic heterocycles. The van der Waals surface area contributed by atoms with E-state index in [4.69, 9.17) is 0 Å². The zero-order valence-corrected chi connectivity index (χ0v) is 16.6. The highest BCUT2D eigenvalue weighted by Gasteiger charge is 2.40. The van der Waals surface area contributed by atoms with Gasteiger partial charge in [0.05, 0.1) is 5.03 Å². The Kier molecular flexibility index (Phi) is 4.90. The van der Waals surface area contributed by atoms with Gasteiger partial charge in [-0.05, 0) is 67.2 Å². The van der Waals surface area contributed by atoms with Crippen molar-refractivity contribution in [3.63, 3.8) is 0 Å². The number of aromatic nitrogens is 1. The molecule has 4 rings (SSSR count). The monoisotopic (exact) mass is 360 g/mol. The first-order valence-corrected chi connectivity index (χ1v) is 11.6. The molecule has 1 saturated heterocycles. The minimum Gasteiger partial charge on any atom is -0.349 e. The van der Waals surface area contributed by atoms with Crippen LogP contribution in [0.4, 0.5) is 0 Å². The number of H-pyrrole nitrogens is 1. The lowest BCUT2D eigenvalue weighted by Crippen LogP contribution is -2.48. The second-order valence-corrected chi connectivity index (χ2v) is 9.44. The average molecular weight is 361 g/mol. The molecule has 2 nitrogen and oxygen atoms in total. The fourth-order valence-electron chi connectivity index (χ4n) is 4.79. The maximum absolute atomic E-state index is 3.73. The van der Waals surface area contributed by atoms with Gasteiger partial charge in [-0.15, -0.1) is 11.8 Å². The van der Waals surface area contributed by atoms with E-state index in [1.807, 2.05) is 23.5 Å². The summed E-state index contributed by atoms with van der Waals surface area (Å²) in [6.45, 7) is 3.53. The number of nitrogens with zero attached hydrogens (tertiary/aromatic N) is 1. The zero-order chi connectivity index (χ0) is 16.7. The van der Waals surface area contributed by atoms with Crippen LogP contribution < -0.4 is 0 Å². The summed E-state index contributed by atoms with van der Waals surface area (Å²) < 4.78 is 0. The van der Waals surface area contributed by atoms with Crippen molar-refractivity contribution >= 4 is 34.4 Å². The molecular formula is C20H28N2S2. The van der Waals surface area contributed by atoms with Crippen LogP contribution in [0.5, 0.6) is 0 Å². The lowest BCUT2D eigenvalue weighted by Gasteiger charge is -2.45. The lowest BCUT2D eigenvalue weighted by atomic mass is 9.73. The molecular weight excluding hydrogens is 332 g/mol. The van der Waals surface area contributed by atoms with Crippen molar-refractivity contribution < 1.29 is 0 Å². The molecule has 0 bridgehead atoms. The van der Waals surface area contributed by atoms with Gasteiger partial charge >= 0.3 is 0 Å². The molecule has 1 fully saturated rings. The topological polar surface area (TPSA) is 19.0 Å². The quantitative estimate of drug-likeness (QED) is 0.758. The van der Waals surface area contributed by atoms with Crippen LogP contribution in [0.25, 0.3) is 10.9 Å². The maximum atomic E-state index is 3.73. The summed E-state index contributed by atoms with van der Waals surface area (Å²) >= 11 is 4.02. The largest absolute Gasteiger partial charge is 0.349 e. The third-order valence-electron chi connectivity index (χ3n) is 5.75. The van der Waals surface area contributed by atoms with Gasteiger partial charge in [0.25, 0.3) is 0 Å². The lowest BCUT2D eigenvalue weighted by molar-refractivity contribution is 0.121. The van der Waals surface area contributed by atoms with Crippen LogP contribution in [-0.2, 0) is 6.42 Å². The van der Waals surface area contributed by atoms with Crippen molar-refractivity contribution in [2.45, 2.75) is 43.2 Å². The number of aromatic amines is 1. The van der Waals surface area contributed by atoms with E-state index in [0.717, 1.165) is 5.92 Å². The fraction of sp³-hybridized carbons (Fsp3) is 0.600. The third kappa shape index (κ3) is 2.81. The molecule has 2 aromatic rings. The van der Waals surface area contributed by atoms with Crippen LogP contribution >= 0.6 is 23.5 Å². The molecule has 1 aromatic carbocycles. The number of piperidine rings is 1. The Bertz CT molecular complexity index is 724. The van der Waals surface area contributed by atoms with E-state index in [0.29, 0.717) is 12.0 Å². The van der Waals surface area contributed by atoms with E-state index >= 15 is 0 Å². The standard InChI is InChI=1S/C20H28N2S2/c1-4-8-24-20-16-10-18-15(9-13(12-23-3)11-22(18)2)14-6-5-7-17(21-20)19(14)16/h5-7,13,15,18,21H,4,8-12H2,1-3H3/t13-,15?,18-/m1/s1. The third-order valence-corrected chi connectivity index (χ3v) is 7.80. The molecule has 0 saturated carbocycles. The summed E-state index contributed by atoms with van der Waals surface area (Å²) in [6.07, 6.45) is 6.05. The number of benzene rings is 1. The van der Waals surface area contributed by atoms with Gasteiger partial charge in [0.2, 0.25) is 0 Å². The van der Waals surface area contributed by atoms with Gasteiger partial charge in [-0.25, -0.2) is 0 Å². The first kappa shape index (κ1) is 16.9. The van der Waals surface area contributed by atoms with E-state index in [2.05, 4.69) is 48.3 Å². The molecule has 1 aromatic heterocycles. The summed E-state index contributed by atoms with van der Waals surface area (Å²) in [5.74, 6) is 4.03. The van der Waals surface area contributed by atoms with E-state index in [1.165, 1.54) is 47.9 Å². The number of fused-ring (bicyclic) bond motifs is 2. The Balaban J connectivity index is 1.76. The number of thioether (sulfide) groups is 2. The Labute approximate surface area is 154 Å². The predicted molar refractivity (Wildman–Crippen MR) is 109 cm³/mol. The molecule has 0 spiro atoms. The van der Waals surface area contributed by atoms with Crippen molar-refractivity contribution in [2.24, 2.45) is 5.92 Å². The van der Waals surface area contributed by atoms with E-state index in [1.54, 1.807) is 16.5 Å². The molecule has 2 aliphatic rings. The summed E-state index contributed by atoms with van der Waals surface area (Å²) in [5.41, 5.74) is 4.56. The van der Waals surface area contributed by atoms with Crippen LogP contribution in [0.3, 0.4) is 0 Å². The van der Waals surface area contributed by atoms with Crippen LogP contribution in [-0.4, -0.2) is 47.3 Å². The van der Waals surface area contributed by atoms with Crippen molar-refractivity contribution in [1.82, 2.24) is 9.88 Å². The molecule has 0 amide bonds. The highest BCUT2D eigenvalue weighted by molar-refractivity contribution is 7.99. The van der Waals surface area contributed by atoms with E-state index < -0.39 is 0 Å². The fourth-order valence-corrected chi connectivity index (χ4v) is 6.45. The van der Waals surface area contributed by atoms with Crippen LogP contribution in [0, 0.1) is 5.92 Å². The molecule has 24 heavy (non-hydrogen) atoms. The van der Waals surface area contributed by atoms with E-state index in [-0.39, 0.29) is 0 Å². The SMILES string of the molecule is CCCSc1[nH]c2cccc3c2c1C[C@@H]1C3C[C@@H](CSC)CN1C. The highest BCUT2D eigenvalue weighted by atomic mass is 32.2. The van der Waals surface area contributed by atoms with Gasteiger partial charge < -0.3 is 9.88 Å². The smallest absolute Gasteiger partial charge is 0.0765 e. The molecule has 130 valence electrons. The first-order valence-electron chi connectivity index (χ1n) is 9.18. The van der Waals surface area contributed by atoms with Gasteiger partial charge in [-0.1, -0.05) is 19.1 Å². The average Bonchev–Trinajstić information content (AvgIpc) is 2.93. The zero-order valence-electron chi connectivity index (χ0n) is 15.0. The molecule has 2 heterocycles. The predicted octanol–water partition coefficient (Wildman–Crippen LogP) is 4.99. The normalized spacial score (nSPS) is 26.7. The molecule has 1 unspecified atom stereocenters. The molecule has 3 atom stereocenters. The van der Waals surface area contributed by atoms with Gasteiger partial charge in [0.15, 0.2) is 0 Å². The Hall–Kier alpha value is -0.580. The number of hydrogen-bond acceptors (Lipinski definition) is 3. The number of likely N-dealkylation sites (N-methyl/N-ethyl adjacent to an activating group) is 1. The summed E-state index contributed by atoms with van der Waals surface area (Å²) in [5, 5.41) is 2.98. The van der Waals surface area contributed by atoms with Gasteiger partial charge in [-0.2, -0.15) is 11.8 Å². The summed E-state index contributed by atoms with van der Waals surface area (Å²) in [7, 11) is 2.35. The first-order chi connectivity index (χ1) is 11.7. The molecule has 4 heteroatoms. The van der Waals surface area contributed by atoms with E-state index in [9.17, 15) is 0 Å². The highest BCUT2D eigenvalue weighted by Crippen LogP contribution is 2.47. The minimum absolute atomic E-state index is 0.679. The number of hydrogen-bond donors (Lipinski definition) is 1. The summed E-state index contributed by atoms with van der Waals surface area (Å²) in [4.78, 5) is 6.38. The van der Waals surface area contributed by atoms with Gasteiger partial charge in [0, 0.05) is 29.4 Å². The Morgan fingerprint density at radius 3 is 3.00 bits per heavy atom. The van der Waals surface area contributed by atoms with Gasteiger partial charge in [0.1, 0.15) is 0 Å². The Morgan fingerprint density at radius 1 is 1.33 bits per heavy atom. The van der Waals surface area contributed by atoms with Gasteiger partial charge in [-0.3, -0.25) is 0 Å². The van der Waals surface area contributed by atoms with Crippen LogP contribution in [0.2, 0.25) is 0 Å². The maximum Gasteiger partial charge on any atom is 0.0765 e. The Morgan fingerprint density at radius 2 is 2.21 bits per heavy atom. The molecule has 1 aliphatic carbocycles.